The van der Waals surface area contributed by atoms with Gasteiger partial charge in [0.05, 0.1) is 19.1 Å². The van der Waals surface area contributed by atoms with Gasteiger partial charge in [-0.15, -0.1) is 0 Å². The number of aromatic nitrogens is 2. The van der Waals surface area contributed by atoms with Crippen molar-refractivity contribution in [1.29, 1.82) is 0 Å². The fourth-order valence-electron chi connectivity index (χ4n) is 1.13. The molecule has 14 heavy (non-hydrogen) atoms. The number of hydrogen-bond donors (Lipinski definition) is 1. The van der Waals surface area contributed by atoms with Crippen LogP contribution in [0, 0.1) is 0 Å². The first-order valence-electron chi connectivity index (χ1n) is 4.43. The molecule has 2 aromatic rings. The van der Waals surface area contributed by atoms with E-state index >= 15 is 0 Å². The third-order valence-corrected chi connectivity index (χ3v) is 1.81. The van der Waals surface area contributed by atoms with Crippen LogP contribution in [0.5, 0.6) is 0 Å². The number of furan rings is 1. The first kappa shape index (κ1) is 8.90. The van der Waals surface area contributed by atoms with Gasteiger partial charge in [0.2, 0.25) is 0 Å². The highest BCUT2D eigenvalue weighted by Gasteiger charge is 1.95. The van der Waals surface area contributed by atoms with Crippen LogP contribution in [-0.4, -0.2) is 9.97 Å². The van der Waals surface area contributed by atoms with Crippen molar-refractivity contribution in [2.24, 2.45) is 0 Å². The molecule has 0 radical (unpaired) electrons. The Labute approximate surface area is 82.0 Å². The molecule has 1 N–H and O–H groups in total. The van der Waals surface area contributed by atoms with E-state index in [0.29, 0.717) is 6.54 Å². The van der Waals surface area contributed by atoms with E-state index < -0.39 is 0 Å². The number of nitrogens with zero attached hydrogens (tertiary/aromatic N) is 2. The summed E-state index contributed by atoms with van der Waals surface area (Å²) in [6.45, 7) is 1.45. The maximum atomic E-state index is 4.95. The quantitative estimate of drug-likeness (QED) is 0.789. The summed E-state index contributed by atoms with van der Waals surface area (Å²) >= 11 is 0. The van der Waals surface area contributed by atoms with Crippen LogP contribution >= 0.6 is 0 Å². The molecule has 4 heteroatoms. The molecule has 0 aliphatic heterocycles. The molecule has 0 saturated carbocycles. The third kappa shape index (κ3) is 2.40. The van der Waals surface area contributed by atoms with Crippen LogP contribution < -0.4 is 5.32 Å². The molecular weight excluding hydrogens is 178 g/mol. The maximum Gasteiger partial charge on any atom is 0.141 e. The zero-order chi connectivity index (χ0) is 9.64. The summed E-state index contributed by atoms with van der Waals surface area (Å²) < 4.78 is 4.95. The minimum absolute atomic E-state index is 0.673. The van der Waals surface area contributed by atoms with Crippen molar-refractivity contribution in [3.63, 3.8) is 0 Å². The Hall–Kier alpha value is -1.68. The molecule has 0 fully saturated rings. The minimum atomic E-state index is 0.673. The summed E-state index contributed by atoms with van der Waals surface area (Å²) in [5.74, 6) is 0.802. The van der Waals surface area contributed by atoms with Gasteiger partial charge in [0.25, 0.3) is 0 Å². The van der Waals surface area contributed by atoms with Crippen LogP contribution in [0.4, 0.5) is 0 Å². The van der Waals surface area contributed by atoms with Crippen LogP contribution in [0.1, 0.15) is 11.4 Å². The van der Waals surface area contributed by atoms with Crippen molar-refractivity contribution in [1.82, 2.24) is 15.3 Å². The van der Waals surface area contributed by atoms with Crippen molar-refractivity contribution in [3.8, 4) is 0 Å². The first-order chi connectivity index (χ1) is 6.95. The summed E-state index contributed by atoms with van der Waals surface area (Å²) in [6.07, 6.45) is 6.86. The molecule has 4 nitrogen and oxygen atoms in total. The number of rotatable bonds is 4. The summed E-state index contributed by atoms with van der Waals surface area (Å²) in [5, 5.41) is 3.22. The zero-order valence-electron chi connectivity index (χ0n) is 7.68. The van der Waals surface area contributed by atoms with E-state index in [1.54, 1.807) is 31.0 Å². The van der Waals surface area contributed by atoms with Gasteiger partial charge in [-0.3, -0.25) is 0 Å². The van der Waals surface area contributed by atoms with Gasteiger partial charge in [-0.05, 0) is 12.1 Å². The SMILES string of the molecule is c1cnc(CNCc2ccoc2)nc1. The van der Waals surface area contributed by atoms with E-state index in [0.717, 1.165) is 17.9 Å². The van der Waals surface area contributed by atoms with Crippen molar-refractivity contribution in [2.75, 3.05) is 0 Å². The third-order valence-electron chi connectivity index (χ3n) is 1.81. The van der Waals surface area contributed by atoms with Crippen LogP contribution in [0.2, 0.25) is 0 Å². The largest absolute Gasteiger partial charge is 0.472 e. The molecule has 2 heterocycles. The fourth-order valence-corrected chi connectivity index (χ4v) is 1.13. The maximum absolute atomic E-state index is 4.95. The lowest BCUT2D eigenvalue weighted by Crippen LogP contribution is -2.14. The van der Waals surface area contributed by atoms with Crippen molar-refractivity contribution in [2.45, 2.75) is 13.1 Å². The Morgan fingerprint density at radius 2 is 2.07 bits per heavy atom. The second-order valence-corrected chi connectivity index (χ2v) is 2.90. The molecule has 2 rings (SSSR count). The summed E-state index contributed by atoms with van der Waals surface area (Å²) in [6, 6.07) is 3.73. The average molecular weight is 189 g/mol. The van der Waals surface area contributed by atoms with Crippen LogP contribution in [0.25, 0.3) is 0 Å². The van der Waals surface area contributed by atoms with Gasteiger partial charge in [0.1, 0.15) is 5.82 Å². The zero-order valence-corrected chi connectivity index (χ0v) is 7.68. The lowest BCUT2D eigenvalue weighted by Gasteiger charge is -2.00. The molecule has 0 aliphatic carbocycles. The van der Waals surface area contributed by atoms with Gasteiger partial charge < -0.3 is 9.73 Å². The Morgan fingerprint density at radius 3 is 2.79 bits per heavy atom. The van der Waals surface area contributed by atoms with E-state index in [1.807, 2.05) is 6.07 Å². The number of nitrogens with one attached hydrogen (secondary N) is 1. The van der Waals surface area contributed by atoms with E-state index in [4.69, 9.17) is 4.42 Å². The number of hydrogen-bond acceptors (Lipinski definition) is 4. The Bertz CT molecular complexity index is 358. The van der Waals surface area contributed by atoms with Crippen molar-refractivity contribution >= 4 is 0 Å². The minimum Gasteiger partial charge on any atom is -0.472 e. The molecule has 0 bridgehead atoms. The van der Waals surface area contributed by atoms with E-state index in [2.05, 4.69) is 15.3 Å². The van der Waals surface area contributed by atoms with Crippen LogP contribution in [0.15, 0.2) is 41.5 Å². The van der Waals surface area contributed by atoms with Gasteiger partial charge >= 0.3 is 0 Å². The molecule has 0 amide bonds. The van der Waals surface area contributed by atoms with Gasteiger partial charge in [-0.25, -0.2) is 9.97 Å². The smallest absolute Gasteiger partial charge is 0.141 e. The van der Waals surface area contributed by atoms with Crippen LogP contribution in [0.3, 0.4) is 0 Å². The molecule has 0 spiro atoms. The molecule has 0 unspecified atom stereocenters. The lowest BCUT2D eigenvalue weighted by atomic mass is 10.3. The average Bonchev–Trinajstić information content (AvgIpc) is 2.72. The molecule has 2 aromatic heterocycles. The predicted molar refractivity (Wildman–Crippen MR) is 51.3 cm³/mol. The summed E-state index contributed by atoms with van der Waals surface area (Å²) in [4.78, 5) is 8.20. The first-order valence-corrected chi connectivity index (χ1v) is 4.43. The van der Waals surface area contributed by atoms with E-state index in [9.17, 15) is 0 Å². The Kier molecular flexibility index (Phi) is 2.88. The van der Waals surface area contributed by atoms with E-state index in [1.165, 1.54) is 0 Å². The predicted octanol–water partition coefficient (Wildman–Crippen LogP) is 1.36. The van der Waals surface area contributed by atoms with Gasteiger partial charge in [0.15, 0.2) is 0 Å². The summed E-state index contributed by atoms with van der Waals surface area (Å²) in [7, 11) is 0. The molecule has 0 aliphatic rings. The monoisotopic (exact) mass is 189 g/mol. The normalized spacial score (nSPS) is 10.3. The van der Waals surface area contributed by atoms with E-state index in [-0.39, 0.29) is 0 Å². The molecule has 0 saturated heterocycles. The highest BCUT2D eigenvalue weighted by atomic mass is 16.3. The molecular formula is C10H11N3O. The Morgan fingerprint density at radius 1 is 1.21 bits per heavy atom. The highest BCUT2D eigenvalue weighted by molar-refractivity contribution is 5.04. The summed E-state index contributed by atoms with van der Waals surface area (Å²) in [5.41, 5.74) is 1.13. The lowest BCUT2D eigenvalue weighted by molar-refractivity contribution is 0.559. The molecule has 72 valence electrons. The standard InChI is InChI=1S/C10H11N3O/c1-3-12-10(13-4-1)7-11-6-9-2-5-14-8-9/h1-5,8,11H,6-7H2. The van der Waals surface area contributed by atoms with Crippen molar-refractivity contribution in [3.05, 3.63) is 48.4 Å². The highest BCUT2D eigenvalue weighted by Crippen LogP contribution is 1.98. The van der Waals surface area contributed by atoms with Crippen LogP contribution in [-0.2, 0) is 13.1 Å². The second kappa shape index (κ2) is 4.53. The van der Waals surface area contributed by atoms with Crippen molar-refractivity contribution < 1.29 is 4.42 Å². The fraction of sp³-hybridized carbons (Fsp3) is 0.200. The Balaban J connectivity index is 1.79. The molecule has 0 aromatic carbocycles. The van der Waals surface area contributed by atoms with Gasteiger partial charge in [0, 0.05) is 24.5 Å². The second-order valence-electron chi connectivity index (χ2n) is 2.90. The topological polar surface area (TPSA) is 51.0 Å². The van der Waals surface area contributed by atoms with Gasteiger partial charge in [-0.1, -0.05) is 0 Å². The molecule has 0 atom stereocenters. The van der Waals surface area contributed by atoms with Gasteiger partial charge in [-0.2, -0.15) is 0 Å².